The zero-order chi connectivity index (χ0) is 13.8. The summed E-state index contributed by atoms with van der Waals surface area (Å²) < 4.78 is 12.3. The Bertz CT molecular complexity index is 593. The van der Waals surface area contributed by atoms with Gasteiger partial charge in [-0.15, -0.1) is 0 Å². The fourth-order valence-corrected chi connectivity index (χ4v) is 2.32. The van der Waals surface area contributed by atoms with E-state index in [1.807, 2.05) is 12.1 Å². The van der Waals surface area contributed by atoms with E-state index >= 15 is 0 Å². The van der Waals surface area contributed by atoms with Crippen molar-refractivity contribution >= 4 is 37.7 Å². The van der Waals surface area contributed by atoms with Crippen molar-refractivity contribution in [2.75, 3.05) is 19.5 Å². The van der Waals surface area contributed by atoms with Gasteiger partial charge in [0.2, 0.25) is 5.88 Å². The van der Waals surface area contributed by atoms with Gasteiger partial charge in [-0.3, -0.25) is 0 Å². The second kappa shape index (κ2) is 6.21. The number of hydrogen-bond acceptors (Lipinski definition) is 5. The first-order chi connectivity index (χ1) is 9.15. The molecule has 19 heavy (non-hydrogen) atoms. The summed E-state index contributed by atoms with van der Waals surface area (Å²) in [7, 11) is 3.39. The Labute approximate surface area is 127 Å². The predicted molar refractivity (Wildman–Crippen MR) is 80.0 cm³/mol. The van der Waals surface area contributed by atoms with Crippen molar-refractivity contribution < 1.29 is 9.47 Å². The van der Waals surface area contributed by atoms with E-state index in [9.17, 15) is 0 Å². The lowest BCUT2D eigenvalue weighted by atomic mass is 10.3. The van der Waals surface area contributed by atoms with E-state index in [1.54, 1.807) is 20.2 Å². The largest absolute Gasteiger partial charge is 0.497 e. The molecule has 0 spiro atoms. The first kappa shape index (κ1) is 14.1. The van der Waals surface area contributed by atoms with Gasteiger partial charge >= 0.3 is 0 Å². The molecule has 1 heterocycles. The van der Waals surface area contributed by atoms with Crippen LogP contribution in [-0.2, 0) is 0 Å². The Kier molecular flexibility index (Phi) is 4.60. The topological polar surface area (TPSA) is 56.3 Å². The quantitative estimate of drug-likeness (QED) is 0.862. The number of aromatic nitrogens is 2. The Morgan fingerprint density at radius 3 is 2.63 bits per heavy atom. The van der Waals surface area contributed by atoms with Crippen molar-refractivity contribution in [1.29, 1.82) is 0 Å². The van der Waals surface area contributed by atoms with Gasteiger partial charge in [-0.25, -0.2) is 9.97 Å². The second-order valence-electron chi connectivity index (χ2n) is 3.49. The molecular weight excluding hydrogens is 378 g/mol. The maximum atomic E-state index is 5.74. The molecule has 0 aliphatic carbocycles. The second-order valence-corrected chi connectivity index (χ2v) is 5.14. The molecule has 7 heteroatoms. The maximum absolute atomic E-state index is 5.74. The van der Waals surface area contributed by atoms with Gasteiger partial charge in [0.1, 0.15) is 28.1 Å². The normalized spacial score (nSPS) is 10.1. The average Bonchev–Trinajstić information content (AvgIpc) is 2.43. The van der Waals surface area contributed by atoms with Crippen LogP contribution in [0.25, 0.3) is 0 Å². The van der Waals surface area contributed by atoms with Gasteiger partial charge in [0.25, 0.3) is 0 Å². The summed E-state index contributed by atoms with van der Waals surface area (Å²) in [5.41, 5.74) is 0. The van der Waals surface area contributed by atoms with Crippen molar-refractivity contribution in [2.24, 2.45) is 0 Å². The van der Waals surface area contributed by atoms with Gasteiger partial charge in [0.15, 0.2) is 0 Å². The van der Waals surface area contributed by atoms with Crippen LogP contribution in [0.4, 0.5) is 5.82 Å². The maximum Gasteiger partial charge on any atom is 0.238 e. The summed E-state index contributed by atoms with van der Waals surface area (Å²) in [6.07, 6.45) is 1.43. The number of methoxy groups -OCH3 is 1. The Morgan fingerprint density at radius 1 is 1.21 bits per heavy atom. The molecule has 0 fully saturated rings. The molecule has 1 N–H and O–H groups in total. The lowest BCUT2D eigenvalue weighted by Gasteiger charge is -2.11. The van der Waals surface area contributed by atoms with Crippen LogP contribution in [0, 0.1) is 0 Å². The van der Waals surface area contributed by atoms with Crippen LogP contribution in [0.5, 0.6) is 17.4 Å². The number of ether oxygens (including phenoxy) is 2. The fraction of sp³-hybridized carbons (Fsp3) is 0.167. The summed E-state index contributed by atoms with van der Waals surface area (Å²) in [4.78, 5) is 8.16. The predicted octanol–water partition coefficient (Wildman–Crippen LogP) is 3.84. The summed E-state index contributed by atoms with van der Waals surface area (Å²) in [5, 5.41) is 2.94. The minimum atomic E-state index is 0.435. The van der Waals surface area contributed by atoms with Crippen molar-refractivity contribution in [1.82, 2.24) is 9.97 Å². The zero-order valence-electron chi connectivity index (χ0n) is 10.3. The molecule has 0 saturated heterocycles. The smallest absolute Gasteiger partial charge is 0.238 e. The molecule has 0 amide bonds. The van der Waals surface area contributed by atoms with Crippen LogP contribution >= 0.6 is 31.9 Å². The van der Waals surface area contributed by atoms with Crippen molar-refractivity contribution in [2.45, 2.75) is 0 Å². The highest BCUT2D eigenvalue weighted by molar-refractivity contribution is 9.11. The Morgan fingerprint density at radius 2 is 2.00 bits per heavy atom. The SMILES string of the molecule is CNc1ncnc(Oc2ccc(OC)cc2Br)c1Br. The van der Waals surface area contributed by atoms with Crippen molar-refractivity contribution in [3.8, 4) is 17.4 Å². The van der Waals surface area contributed by atoms with E-state index in [-0.39, 0.29) is 0 Å². The number of nitrogens with one attached hydrogen (secondary N) is 1. The summed E-state index contributed by atoms with van der Waals surface area (Å²) in [6, 6.07) is 5.44. The highest BCUT2D eigenvalue weighted by Crippen LogP contribution is 2.36. The Balaban J connectivity index is 2.31. The third kappa shape index (κ3) is 3.16. The molecule has 0 atom stereocenters. The van der Waals surface area contributed by atoms with E-state index in [0.29, 0.717) is 21.9 Å². The highest BCUT2D eigenvalue weighted by atomic mass is 79.9. The molecule has 0 bridgehead atoms. The minimum Gasteiger partial charge on any atom is -0.497 e. The Hall–Kier alpha value is -1.34. The van der Waals surface area contributed by atoms with Gasteiger partial charge in [-0.1, -0.05) is 0 Å². The van der Waals surface area contributed by atoms with Crippen LogP contribution < -0.4 is 14.8 Å². The van der Waals surface area contributed by atoms with Gasteiger partial charge in [0.05, 0.1) is 11.6 Å². The molecule has 100 valence electrons. The lowest BCUT2D eigenvalue weighted by Crippen LogP contribution is -1.98. The highest BCUT2D eigenvalue weighted by Gasteiger charge is 2.11. The number of nitrogens with zero attached hydrogens (tertiary/aromatic N) is 2. The first-order valence-corrected chi connectivity index (χ1v) is 6.94. The summed E-state index contributed by atoms with van der Waals surface area (Å²) in [5.74, 6) is 2.49. The standard InChI is InChI=1S/C12H11Br2N3O2/c1-15-11-10(14)12(17-6-16-11)19-9-4-3-7(18-2)5-8(9)13/h3-6H,1-2H3,(H,15,16,17). The number of anilines is 1. The molecule has 5 nitrogen and oxygen atoms in total. The molecule has 0 unspecified atom stereocenters. The van der Waals surface area contributed by atoms with Gasteiger partial charge in [-0.05, 0) is 50.1 Å². The molecule has 0 radical (unpaired) electrons. The molecule has 1 aromatic carbocycles. The van der Waals surface area contributed by atoms with Crippen molar-refractivity contribution in [3.63, 3.8) is 0 Å². The minimum absolute atomic E-state index is 0.435. The fourth-order valence-electron chi connectivity index (χ4n) is 1.39. The lowest BCUT2D eigenvalue weighted by molar-refractivity contribution is 0.411. The molecule has 2 rings (SSSR count). The van der Waals surface area contributed by atoms with E-state index in [4.69, 9.17) is 9.47 Å². The van der Waals surface area contributed by atoms with Gasteiger partial charge < -0.3 is 14.8 Å². The molecule has 0 saturated carbocycles. The molecular formula is C12H11Br2N3O2. The zero-order valence-corrected chi connectivity index (χ0v) is 13.4. The van der Waals surface area contributed by atoms with Crippen LogP contribution in [0.1, 0.15) is 0 Å². The van der Waals surface area contributed by atoms with Crippen LogP contribution in [0.2, 0.25) is 0 Å². The average molecular weight is 389 g/mol. The summed E-state index contributed by atoms with van der Waals surface area (Å²) >= 11 is 6.83. The number of hydrogen-bond donors (Lipinski definition) is 1. The van der Waals surface area contributed by atoms with Gasteiger partial charge in [-0.2, -0.15) is 0 Å². The molecule has 0 aliphatic rings. The number of benzene rings is 1. The van der Waals surface area contributed by atoms with Crippen molar-refractivity contribution in [3.05, 3.63) is 33.5 Å². The summed E-state index contributed by atoms with van der Waals surface area (Å²) in [6.45, 7) is 0. The molecule has 1 aromatic heterocycles. The third-order valence-electron chi connectivity index (χ3n) is 2.34. The van der Waals surface area contributed by atoms with Crippen LogP contribution in [0.3, 0.4) is 0 Å². The monoisotopic (exact) mass is 387 g/mol. The molecule has 0 aliphatic heterocycles. The van der Waals surface area contributed by atoms with Crippen LogP contribution in [-0.4, -0.2) is 24.1 Å². The number of halogens is 2. The van der Waals surface area contributed by atoms with E-state index in [0.717, 1.165) is 10.2 Å². The van der Waals surface area contributed by atoms with Crippen LogP contribution in [0.15, 0.2) is 33.5 Å². The first-order valence-electron chi connectivity index (χ1n) is 5.35. The third-order valence-corrected chi connectivity index (χ3v) is 3.67. The van der Waals surface area contributed by atoms with E-state index < -0.39 is 0 Å². The van der Waals surface area contributed by atoms with E-state index in [1.165, 1.54) is 6.33 Å². The van der Waals surface area contributed by atoms with Gasteiger partial charge in [0, 0.05) is 7.05 Å². The van der Waals surface area contributed by atoms with E-state index in [2.05, 4.69) is 47.1 Å². The molecule has 2 aromatic rings. The number of rotatable bonds is 4.